The van der Waals surface area contributed by atoms with Gasteiger partial charge in [-0.05, 0) is 67.2 Å². The van der Waals surface area contributed by atoms with Crippen molar-refractivity contribution in [2.45, 2.75) is 75.4 Å². The Hall–Kier alpha value is -1.48. The number of hydrogen-bond acceptors (Lipinski definition) is 2. The van der Waals surface area contributed by atoms with E-state index < -0.39 is 0 Å². The molecule has 152 valence electrons. The Kier molecular flexibility index (Phi) is 8.27. The molecule has 2 aromatic carbocycles. The van der Waals surface area contributed by atoms with Crippen LogP contribution in [0.15, 0.2) is 47.4 Å². The number of benzene rings is 2. The Morgan fingerprint density at radius 1 is 1.00 bits per heavy atom. The summed E-state index contributed by atoms with van der Waals surface area (Å²) in [5.41, 5.74) is 2.72. The van der Waals surface area contributed by atoms with Gasteiger partial charge in [0.05, 0.1) is 6.61 Å². The summed E-state index contributed by atoms with van der Waals surface area (Å²) in [5, 5.41) is 0. The highest BCUT2D eigenvalue weighted by molar-refractivity contribution is 7.98. The van der Waals surface area contributed by atoms with Gasteiger partial charge in [0.25, 0.3) is 0 Å². The molecule has 1 aliphatic carbocycles. The minimum absolute atomic E-state index is 0.191. The molecule has 0 spiro atoms. The molecule has 0 radical (unpaired) electrons. The third-order valence-electron chi connectivity index (χ3n) is 5.94. The van der Waals surface area contributed by atoms with Gasteiger partial charge >= 0.3 is 0 Å². The van der Waals surface area contributed by atoms with Gasteiger partial charge in [-0.25, -0.2) is 4.39 Å². The van der Waals surface area contributed by atoms with Crippen LogP contribution in [0.25, 0.3) is 0 Å². The van der Waals surface area contributed by atoms with E-state index in [4.69, 9.17) is 4.74 Å². The third-order valence-corrected chi connectivity index (χ3v) is 7.06. The lowest BCUT2D eigenvalue weighted by molar-refractivity contribution is 0.307. The Balaban J connectivity index is 1.51. The molecule has 0 unspecified atom stereocenters. The standard InChI is InChI=1S/C25H33FOS/c1-3-5-16-27-23-14-15-25(24(26)17-23)28-18-20-8-12-22(13-9-20)21-10-6-19(4-2)7-11-21/h8-9,12-15,17,19,21H,3-7,10-11,16,18H2,1-2H3. The number of halogens is 1. The summed E-state index contributed by atoms with van der Waals surface area (Å²) in [7, 11) is 0. The average Bonchev–Trinajstić information content (AvgIpc) is 2.74. The Morgan fingerprint density at radius 3 is 2.39 bits per heavy atom. The molecule has 0 atom stereocenters. The van der Waals surface area contributed by atoms with Crippen LogP contribution < -0.4 is 4.74 Å². The van der Waals surface area contributed by atoms with Crippen LogP contribution in [0.2, 0.25) is 0 Å². The summed E-state index contributed by atoms with van der Waals surface area (Å²) in [5.74, 6) is 2.88. The number of hydrogen-bond donors (Lipinski definition) is 0. The van der Waals surface area contributed by atoms with E-state index in [1.165, 1.54) is 49.3 Å². The predicted octanol–water partition coefficient (Wildman–Crippen LogP) is 7.98. The second-order valence-electron chi connectivity index (χ2n) is 7.95. The van der Waals surface area contributed by atoms with Gasteiger partial charge in [0.1, 0.15) is 11.6 Å². The second-order valence-corrected chi connectivity index (χ2v) is 8.97. The van der Waals surface area contributed by atoms with Crippen LogP contribution in [0.1, 0.15) is 75.8 Å². The van der Waals surface area contributed by atoms with E-state index in [2.05, 4.69) is 38.1 Å². The maximum Gasteiger partial charge on any atom is 0.140 e. The molecule has 0 bridgehead atoms. The average molecular weight is 401 g/mol. The van der Waals surface area contributed by atoms with E-state index in [-0.39, 0.29) is 5.82 Å². The van der Waals surface area contributed by atoms with Gasteiger partial charge in [0, 0.05) is 16.7 Å². The van der Waals surface area contributed by atoms with Gasteiger partial charge in [0.2, 0.25) is 0 Å². The lowest BCUT2D eigenvalue weighted by Gasteiger charge is -2.28. The van der Waals surface area contributed by atoms with Crippen molar-refractivity contribution in [1.82, 2.24) is 0 Å². The molecule has 3 heteroatoms. The summed E-state index contributed by atoms with van der Waals surface area (Å²) in [6.07, 6.45) is 8.79. The molecule has 2 aromatic rings. The number of ether oxygens (including phenoxy) is 1. The maximum atomic E-state index is 14.3. The van der Waals surface area contributed by atoms with E-state index in [0.29, 0.717) is 17.3 Å². The summed E-state index contributed by atoms with van der Waals surface area (Å²) in [4.78, 5) is 0.685. The monoisotopic (exact) mass is 400 g/mol. The van der Waals surface area contributed by atoms with Crippen molar-refractivity contribution in [3.63, 3.8) is 0 Å². The molecule has 0 aromatic heterocycles. The van der Waals surface area contributed by atoms with Crippen LogP contribution in [0.4, 0.5) is 4.39 Å². The second kappa shape index (κ2) is 10.9. The fraction of sp³-hybridized carbons (Fsp3) is 0.520. The van der Waals surface area contributed by atoms with Crippen molar-refractivity contribution >= 4 is 11.8 Å². The van der Waals surface area contributed by atoms with Crippen molar-refractivity contribution in [2.24, 2.45) is 5.92 Å². The minimum atomic E-state index is -0.191. The van der Waals surface area contributed by atoms with Crippen molar-refractivity contribution in [3.05, 3.63) is 59.4 Å². The van der Waals surface area contributed by atoms with E-state index in [1.54, 1.807) is 11.8 Å². The quantitative estimate of drug-likeness (QED) is 0.312. The molecule has 0 saturated heterocycles. The molecule has 1 nitrogen and oxygen atoms in total. The first kappa shape index (κ1) is 21.2. The van der Waals surface area contributed by atoms with Gasteiger partial charge in [-0.1, -0.05) is 51.0 Å². The summed E-state index contributed by atoms with van der Waals surface area (Å²) >= 11 is 1.55. The van der Waals surface area contributed by atoms with Crippen molar-refractivity contribution in [1.29, 1.82) is 0 Å². The highest BCUT2D eigenvalue weighted by atomic mass is 32.2. The van der Waals surface area contributed by atoms with Crippen LogP contribution >= 0.6 is 11.8 Å². The largest absolute Gasteiger partial charge is 0.493 e. The highest BCUT2D eigenvalue weighted by Gasteiger charge is 2.21. The van der Waals surface area contributed by atoms with Crippen LogP contribution in [0, 0.1) is 11.7 Å². The van der Waals surface area contributed by atoms with Crippen molar-refractivity contribution < 1.29 is 9.13 Å². The first-order valence-electron chi connectivity index (χ1n) is 10.8. The lowest BCUT2D eigenvalue weighted by atomic mass is 9.78. The van der Waals surface area contributed by atoms with Gasteiger partial charge < -0.3 is 4.74 Å². The first-order valence-corrected chi connectivity index (χ1v) is 11.8. The summed E-state index contributed by atoms with van der Waals surface area (Å²) < 4.78 is 19.9. The van der Waals surface area contributed by atoms with E-state index in [1.807, 2.05) is 12.1 Å². The van der Waals surface area contributed by atoms with Crippen LogP contribution in [-0.4, -0.2) is 6.61 Å². The van der Waals surface area contributed by atoms with Crippen LogP contribution in [0.3, 0.4) is 0 Å². The topological polar surface area (TPSA) is 9.23 Å². The number of unbranched alkanes of at least 4 members (excludes halogenated alkanes) is 1. The highest BCUT2D eigenvalue weighted by Crippen LogP contribution is 2.37. The zero-order valence-corrected chi connectivity index (χ0v) is 18.1. The minimum Gasteiger partial charge on any atom is -0.493 e. The molecule has 1 aliphatic rings. The fourth-order valence-electron chi connectivity index (χ4n) is 3.97. The molecule has 0 N–H and O–H groups in total. The molecular formula is C25H33FOS. The number of rotatable bonds is 9. The Bertz CT molecular complexity index is 720. The van der Waals surface area contributed by atoms with Gasteiger partial charge in [-0.15, -0.1) is 11.8 Å². The third kappa shape index (κ3) is 6.01. The van der Waals surface area contributed by atoms with Crippen molar-refractivity contribution in [3.8, 4) is 5.75 Å². The molecule has 1 saturated carbocycles. The van der Waals surface area contributed by atoms with E-state index in [0.717, 1.165) is 30.4 Å². The zero-order chi connectivity index (χ0) is 19.8. The molecule has 0 aliphatic heterocycles. The molecule has 1 fully saturated rings. The molecule has 0 heterocycles. The smallest absolute Gasteiger partial charge is 0.140 e. The fourth-order valence-corrected chi connectivity index (χ4v) is 4.85. The molecule has 28 heavy (non-hydrogen) atoms. The summed E-state index contributed by atoms with van der Waals surface area (Å²) in [6, 6.07) is 14.2. The number of thioether (sulfide) groups is 1. The normalized spacial score (nSPS) is 19.5. The first-order chi connectivity index (χ1) is 13.7. The van der Waals surface area contributed by atoms with Gasteiger partial charge in [-0.2, -0.15) is 0 Å². The molecule has 3 rings (SSSR count). The lowest BCUT2D eigenvalue weighted by Crippen LogP contribution is -2.12. The molecular weight excluding hydrogens is 367 g/mol. The zero-order valence-electron chi connectivity index (χ0n) is 17.3. The van der Waals surface area contributed by atoms with E-state index >= 15 is 0 Å². The molecule has 0 amide bonds. The Morgan fingerprint density at radius 2 is 1.75 bits per heavy atom. The van der Waals surface area contributed by atoms with Crippen LogP contribution in [0.5, 0.6) is 5.75 Å². The van der Waals surface area contributed by atoms with E-state index in [9.17, 15) is 4.39 Å². The predicted molar refractivity (Wildman–Crippen MR) is 118 cm³/mol. The summed E-state index contributed by atoms with van der Waals surface area (Å²) in [6.45, 7) is 5.08. The van der Waals surface area contributed by atoms with Crippen LogP contribution in [-0.2, 0) is 5.75 Å². The van der Waals surface area contributed by atoms with Gasteiger partial charge in [0.15, 0.2) is 0 Å². The van der Waals surface area contributed by atoms with Crippen molar-refractivity contribution in [2.75, 3.05) is 6.61 Å². The Labute approximate surface area is 174 Å². The van der Waals surface area contributed by atoms with Gasteiger partial charge in [-0.3, -0.25) is 0 Å². The maximum absolute atomic E-state index is 14.3. The SMILES string of the molecule is CCCCOc1ccc(SCc2ccc(C3CCC(CC)CC3)cc2)c(F)c1.